The number of aromatic nitrogens is 1. The van der Waals surface area contributed by atoms with E-state index in [1.807, 2.05) is 23.1 Å². The Balaban J connectivity index is 1.73. The summed E-state index contributed by atoms with van der Waals surface area (Å²) in [5, 5.41) is 1.18. The van der Waals surface area contributed by atoms with Gasteiger partial charge in [-0.3, -0.25) is 9.78 Å². The lowest BCUT2D eigenvalue weighted by Gasteiger charge is -2.16. The molecule has 0 saturated carbocycles. The third kappa shape index (κ3) is 2.63. The first-order chi connectivity index (χ1) is 9.78. The summed E-state index contributed by atoms with van der Waals surface area (Å²) in [6, 6.07) is 10.2. The van der Waals surface area contributed by atoms with E-state index in [2.05, 4.69) is 17.1 Å². The van der Waals surface area contributed by atoms with Crippen LogP contribution < -0.4 is 0 Å². The monoisotopic (exact) mass is 288 g/mol. The molecule has 0 N–H and O–H groups in total. The SMILES string of the molecule is O=C1CC(CCl)CN1CCc1cccc2ncccc12. The van der Waals surface area contributed by atoms with Crippen LogP contribution in [0.5, 0.6) is 0 Å². The van der Waals surface area contributed by atoms with Gasteiger partial charge in [0.1, 0.15) is 0 Å². The van der Waals surface area contributed by atoms with Gasteiger partial charge >= 0.3 is 0 Å². The van der Waals surface area contributed by atoms with Crippen LogP contribution in [0.2, 0.25) is 0 Å². The van der Waals surface area contributed by atoms with E-state index >= 15 is 0 Å². The van der Waals surface area contributed by atoms with Crippen molar-refractivity contribution in [1.29, 1.82) is 0 Å². The van der Waals surface area contributed by atoms with Gasteiger partial charge in [0.05, 0.1) is 5.52 Å². The number of likely N-dealkylation sites (tertiary alicyclic amines) is 1. The van der Waals surface area contributed by atoms with Crippen molar-refractivity contribution >= 4 is 28.4 Å². The van der Waals surface area contributed by atoms with Gasteiger partial charge in [-0.25, -0.2) is 0 Å². The highest BCUT2D eigenvalue weighted by molar-refractivity contribution is 6.18. The minimum Gasteiger partial charge on any atom is -0.342 e. The quantitative estimate of drug-likeness (QED) is 0.811. The van der Waals surface area contributed by atoms with Crippen LogP contribution in [0.25, 0.3) is 10.9 Å². The van der Waals surface area contributed by atoms with Gasteiger partial charge in [0.25, 0.3) is 0 Å². The van der Waals surface area contributed by atoms with Crippen molar-refractivity contribution in [1.82, 2.24) is 9.88 Å². The van der Waals surface area contributed by atoms with Gasteiger partial charge in [0, 0.05) is 37.0 Å². The zero-order valence-electron chi connectivity index (χ0n) is 11.3. The molecule has 1 aliphatic rings. The molecule has 1 fully saturated rings. The van der Waals surface area contributed by atoms with Crippen molar-refractivity contribution in [3.63, 3.8) is 0 Å². The molecule has 2 aromatic rings. The number of pyridine rings is 1. The van der Waals surface area contributed by atoms with E-state index < -0.39 is 0 Å². The molecule has 0 aliphatic carbocycles. The molecule has 20 heavy (non-hydrogen) atoms. The van der Waals surface area contributed by atoms with Crippen LogP contribution in [-0.4, -0.2) is 34.8 Å². The summed E-state index contributed by atoms with van der Waals surface area (Å²) in [6.45, 7) is 1.56. The van der Waals surface area contributed by atoms with Crippen LogP contribution in [-0.2, 0) is 11.2 Å². The van der Waals surface area contributed by atoms with Gasteiger partial charge in [-0.1, -0.05) is 18.2 Å². The molecule has 1 unspecified atom stereocenters. The number of benzene rings is 1. The van der Waals surface area contributed by atoms with E-state index in [4.69, 9.17) is 11.6 Å². The number of hydrogen-bond acceptors (Lipinski definition) is 2. The van der Waals surface area contributed by atoms with Gasteiger partial charge in [-0.2, -0.15) is 0 Å². The summed E-state index contributed by atoms with van der Waals surface area (Å²) in [5.41, 5.74) is 2.26. The summed E-state index contributed by atoms with van der Waals surface area (Å²) in [7, 11) is 0. The topological polar surface area (TPSA) is 33.2 Å². The van der Waals surface area contributed by atoms with Crippen molar-refractivity contribution in [3.05, 3.63) is 42.1 Å². The Labute approximate surface area is 123 Å². The van der Waals surface area contributed by atoms with E-state index in [1.165, 1.54) is 10.9 Å². The number of carbonyl (C=O) groups is 1. The predicted molar refractivity (Wildman–Crippen MR) is 80.9 cm³/mol. The normalized spacial score (nSPS) is 18.9. The van der Waals surface area contributed by atoms with Crippen molar-refractivity contribution in [2.24, 2.45) is 5.92 Å². The molecule has 1 saturated heterocycles. The summed E-state index contributed by atoms with van der Waals surface area (Å²) >= 11 is 5.85. The molecule has 1 aromatic heterocycles. The number of alkyl halides is 1. The number of halogens is 1. The fourth-order valence-corrected chi connectivity index (χ4v) is 3.02. The summed E-state index contributed by atoms with van der Waals surface area (Å²) < 4.78 is 0. The zero-order valence-corrected chi connectivity index (χ0v) is 12.0. The molecule has 1 aliphatic heterocycles. The third-order valence-electron chi connectivity index (χ3n) is 3.90. The van der Waals surface area contributed by atoms with Crippen LogP contribution in [0, 0.1) is 5.92 Å². The Bertz CT molecular complexity index is 623. The number of hydrogen-bond donors (Lipinski definition) is 0. The maximum Gasteiger partial charge on any atom is 0.222 e. The van der Waals surface area contributed by atoms with Crippen LogP contribution in [0.15, 0.2) is 36.5 Å². The van der Waals surface area contributed by atoms with Crippen LogP contribution in [0.1, 0.15) is 12.0 Å². The van der Waals surface area contributed by atoms with Crippen molar-refractivity contribution in [2.45, 2.75) is 12.8 Å². The molecule has 0 bridgehead atoms. The van der Waals surface area contributed by atoms with E-state index in [1.54, 1.807) is 6.20 Å². The van der Waals surface area contributed by atoms with E-state index in [9.17, 15) is 4.79 Å². The molecular formula is C16H17ClN2O. The van der Waals surface area contributed by atoms with Gasteiger partial charge in [0.15, 0.2) is 0 Å². The highest BCUT2D eigenvalue weighted by atomic mass is 35.5. The smallest absolute Gasteiger partial charge is 0.222 e. The molecule has 0 spiro atoms. The van der Waals surface area contributed by atoms with Crippen LogP contribution in [0.3, 0.4) is 0 Å². The third-order valence-corrected chi connectivity index (χ3v) is 4.34. The van der Waals surface area contributed by atoms with Gasteiger partial charge in [0.2, 0.25) is 5.91 Å². The molecule has 1 atom stereocenters. The van der Waals surface area contributed by atoms with E-state index in [0.717, 1.165) is 25.0 Å². The second-order valence-electron chi connectivity index (χ2n) is 5.30. The minimum absolute atomic E-state index is 0.231. The van der Waals surface area contributed by atoms with E-state index in [-0.39, 0.29) is 5.91 Å². The maximum absolute atomic E-state index is 11.9. The molecule has 1 amide bonds. The van der Waals surface area contributed by atoms with Crippen molar-refractivity contribution in [3.8, 4) is 0 Å². The molecule has 104 valence electrons. The number of fused-ring (bicyclic) bond motifs is 1. The molecule has 1 aromatic carbocycles. The van der Waals surface area contributed by atoms with Crippen LogP contribution >= 0.6 is 11.6 Å². The number of nitrogens with zero attached hydrogens (tertiary/aromatic N) is 2. The second-order valence-corrected chi connectivity index (χ2v) is 5.61. The molecule has 4 heteroatoms. The summed E-state index contributed by atoms with van der Waals surface area (Å²) in [4.78, 5) is 18.2. The Hall–Kier alpha value is -1.61. The van der Waals surface area contributed by atoms with Gasteiger partial charge in [-0.15, -0.1) is 11.6 Å². The number of amides is 1. The highest BCUT2D eigenvalue weighted by Crippen LogP contribution is 2.21. The molecule has 0 radical (unpaired) electrons. The second kappa shape index (κ2) is 5.80. The summed E-state index contributed by atoms with van der Waals surface area (Å²) in [6.07, 6.45) is 3.27. The number of rotatable bonds is 4. The largest absolute Gasteiger partial charge is 0.342 e. The Morgan fingerprint density at radius 1 is 1.30 bits per heavy atom. The first-order valence-electron chi connectivity index (χ1n) is 6.94. The molecule has 3 rings (SSSR count). The molecule has 2 heterocycles. The van der Waals surface area contributed by atoms with Gasteiger partial charge in [-0.05, 0) is 30.0 Å². The Morgan fingerprint density at radius 2 is 2.20 bits per heavy atom. The van der Waals surface area contributed by atoms with Gasteiger partial charge < -0.3 is 4.90 Å². The lowest BCUT2D eigenvalue weighted by Crippen LogP contribution is -2.27. The Kier molecular flexibility index (Phi) is 3.88. The lowest BCUT2D eigenvalue weighted by atomic mass is 10.1. The molecule has 3 nitrogen and oxygen atoms in total. The zero-order chi connectivity index (χ0) is 13.9. The minimum atomic E-state index is 0.231. The van der Waals surface area contributed by atoms with Crippen molar-refractivity contribution in [2.75, 3.05) is 19.0 Å². The standard InChI is InChI=1S/C16H17ClN2O/c17-10-12-9-16(20)19(11-12)8-6-13-3-1-5-15-14(13)4-2-7-18-15/h1-5,7,12H,6,8-11H2. The Morgan fingerprint density at radius 3 is 3.00 bits per heavy atom. The first-order valence-corrected chi connectivity index (χ1v) is 7.47. The van der Waals surface area contributed by atoms with E-state index in [0.29, 0.717) is 18.2 Å². The lowest BCUT2D eigenvalue weighted by molar-refractivity contribution is -0.127. The fourth-order valence-electron chi connectivity index (χ4n) is 2.81. The number of carbonyl (C=O) groups excluding carboxylic acids is 1. The summed E-state index contributed by atoms with van der Waals surface area (Å²) in [5.74, 6) is 1.12. The first kappa shape index (κ1) is 13.4. The predicted octanol–water partition coefficient (Wildman–Crippen LogP) is 2.86. The highest BCUT2D eigenvalue weighted by Gasteiger charge is 2.28. The average molecular weight is 289 g/mol. The average Bonchev–Trinajstić information content (AvgIpc) is 2.85. The van der Waals surface area contributed by atoms with Crippen molar-refractivity contribution < 1.29 is 4.79 Å². The maximum atomic E-state index is 11.9. The van der Waals surface area contributed by atoms with Crippen LogP contribution in [0.4, 0.5) is 0 Å². The molecular weight excluding hydrogens is 272 g/mol. The fraction of sp³-hybridized carbons (Fsp3) is 0.375.